The number of nitrogen functional groups attached to an aromatic ring is 1. The van der Waals surface area contributed by atoms with Gasteiger partial charge < -0.3 is 21.7 Å². The minimum absolute atomic E-state index is 0.166. The number of hydrogen-bond acceptors (Lipinski definition) is 5. The van der Waals surface area contributed by atoms with E-state index in [-0.39, 0.29) is 11.4 Å². The van der Waals surface area contributed by atoms with Crippen molar-refractivity contribution in [3.05, 3.63) is 29.8 Å². The lowest BCUT2D eigenvalue weighted by atomic mass is 9.99. The summed E-state index contributed by atoms with van der Waals surface area (Å²) >= 11 is 0. The zero-order valence-corrected chi connectivity index (χ0v) is 13.2. The molecule has 6 N–H and O–H groups in total. The molecule has 0 aliphatic carbocycles. The van der Waals surface area contributed by atoms with Gasteiger partial charge in [0.25, 0.3) is 5.91 Å². The number of aromatic amines is 1. The third kappa shape index (κ3) is 3.23. The van der Waals surface area contributed by atoms with Gasteiger partial charge in [0.2, 0.25) is 0 Å². The molecule has 7 nitrogen and oxygen atoms in total. The number of anilines is 4. The van der Waals surface area contributed by atoms with E-state index in [1.54, 1.807) is 0 Å². The van der Waals surface area contributed by atoms with Crippen LogP contribution in [-0.4, -0.2) is 29.2 Å². The first-order chi connectivity index (χ1) is 11.0. The molecule has 1 saturated heterocycles. The monoisotopic (exact) mass is 314 g/mol. The van der Waals surface area contributed by atoms with Crippen LogP contribution < -0.4 is 21.7 Å². The molecule has 1 aliphatic rings. The van der Waals surface area contributed by atoms with Crippen LogP contribution in [0, 0.1) is 5.92 Å². The number of H-pyrrole nitrogens is 1. The van der Waals surface area contributed by atoms with Crippen molar-refractivity contribution in [3.8, 4) is 0 Å². The molecule has 7 heteroatoms. The largest absolute Gasteiger partial charge is 0.383 e. The summed E-state index contributed by atoms with van der Waals surface area (Å²) in [5, 5.41) is 9.61. The van der Waals surface area contributed by atoms with E-state index in [2.05, 4.69) is 39.5 Å². The van der Waals surface area contributed by atoms with Crippen molar-refractivity contribution in [3.63, 3.8) is 0 Å². The standard InChI is InChI=1S/C16H22N6O/c1-10-6-8-22(9-7-10)12-4-2-11(3-5-12)19-16-13(15(18)23)14(17)20-21-16/h2-5,10H,6-9H2,1H3,(H2,18,23)(H4,17,19,20,21). The molecule has 3 rings (SSSR count). The minimum Gasteiger partial charge on any atom is -0.383 e. The molecule has 1 fully saturated rings. The lowest BCUT2D eigenvalue weighted by Gasteiger charge is -2.32. The maximum atomic E-state index is 11.4. The van der Waals surface area contributed by atoms with Gasteiger partial charge in [0.1, 0.15) is 11.4 Å². The Bertz CT molecular complexity index is 685. The number of nitrogens with two attached hydrogens (primary N) is 2. The van der Waals surface area contributed by atoms with Crippen LogP contribution in [0.2, 0.25) is 0 Å². The first kappa shape index (κ1) is 15.2. The van der Waals surface area contributed by atoms with Gasteiger partial charge in [-0.2, -0.15) is 5.10 Å². The van der Waals surface area contributed by atoms with Crippen LogP contribution in [0.1, 0.15) is 30.1 Å². The zero-order chi connectivity index (χ0) is 16.4. The molecule has 0 saturated carbocycles. The Morgan fingerprint density at radius 2 is 1.96 bits per heavy atom. The summed E-state index contributed by atoms with van der Waals surface area (Å²) in [7, 11) is 0. The molecule has 23 heavy (non-hydrogen) atoms. The molecular formula is C16H22N6O. The van der Waals surface area contributed by atoms with Crippen molar-refractivity contribution >= 4 is 28.9 Å². The van der Waals surface area contributed by atoms with E-state index in [4.69, 9.17) is 11.5 Å². The molecule has 1 aliphatic heterocycles. The highest BCUT2D eigenvalue weighted by Crippen LogP contribution is 2.26. The van der Waals surface area contributed by atoms with Crippen molar-refractivity contribution in [2.24, 2.45) is 11.7 Å². The Kier molecular flexibility index (Phi) is 4.10. The number of amides is 1. The number of benzene rings is 1. The molecule has 2 aromatic rings. The molecular weight excluding hydrogens is 292 g/mol. The van der Waals surface area contributed by atoms with Crippen LogP contribution in [0.4, 0.5) is 23.0 Å². The minimum atomic E-state index is -0.613. The summed E-state index contributed by atoms with van der Waals surface area (Å²) in [5.74, 6) is 0.705. The second kappa shape index (κ2) is 6.20. The predicted molar refractivity (Wildman–Crippen MR) is 91.9 cm³/mol. The van der Waals surface area contributed by atoms with Gasteiger partial charge in [0.05, 0.1) is 0 Å². The van der Waals surface area contributed by atoms with Gasteiger partial charge >= 0.3 is 0 Å². The SMILES string of the molecule is CC1CCN(c2ccc(Nc3n[nH]c(N)c3C(N)=O)cc2)CC1. The van der Waals surface area contributed by atoms with Gasteiger partial charge in [0.15, 0.2) is 5.82 Å². The fourth-order valence-corrected chi connectivity index (χ4v) is 2.85. The third-order valence-electron chi connectivity index (χ3n) is 4.32. The molecule has 2 heterocycles. The van der Waals surface area contributed by atoms with E-state index < -0.39 is 5.91 Å². The summed E-state index contributed by atoms with van der Waals surface area (Å²) < 4.78 is 0. The van der Waals surface area contributed by atoms with Crippen molar-refractivity contribution in [1.82, 2.24) is 10.2 Å². The highest BCUT2D eigenvalue weighted by atomic mass is 16.1. The average Bonchev–Trinajstić information content (AvgIpc) is 2.90. The van der Waals surface area contributed by atoms with Gasteiger partial charge in [-0.1, -0.05) is 6.92 Å². The van der Waals surface area contributed by atoms with Crippen LogP contribution in [0.25, 0.3) is 0 Å². The van der Waals surface area contributed by atoms with Gasteiger partial charge in [-0.3, -0.25) is 9.89 Å². The van der Waals surface area contributed by atoms with Gasteiger partial charge in [0, 0.05) is 24.5 Å². The quantitative estimate of drug-likeness (QED) is 0.690. The van der Waals surface area contributed by atoms with Crippen LogP contribution in [-0.2, 0) is 0 Å². The number of hydrogen-bond donors (Lipinski definition) is 4. The summed E-state index contributed by atoms with van der Waals surface area (Å²) in [6.07, 6.45) is 2.46. The fraction of sp³-hybridized carbons (Fsp3) is 0.375. The van der Waals surface area contributed by atoms with E-state index in [1.165, 1.54) is 18.5 Å². The van der Waals surface area contributed by atoms with Crippen molar-refractivity contribution in [1.29, 1.82) is 0 Å². The zero-order valence-electron chi connectivity index (χ0n) is 13.2. The smallest absolute Gasteiger partial charge is 0.256 e. The highest BCUT2D eigenvalue weighted by molar-refractivity contribution is 6.02. The lowest BCUT2D eigenvalue weighted by Crippen LogP contribution is -2.32. The normalized spacial score (nSPS) is 15.6. The molecule has 122 valence electrons. The topological polar surface area (TPSA) is 113 Å². The van der Waals surface area contributed by atoms with Crippen LogP contribution >= 0.6 is 0 Å². The number of nitrogens with one attached hydrogen (secondary N) is 2. The number of primary amides is 1. The van der Waals surface area contributed by atoms with Crippen molar-refractivity contribution in [2.75, 3.05) is 29.0 Å². The van der Waals surface area contributed by atoms with E-state index in [0.717, 1.165) is 24.7 Å². The number of aromatic nitrogens is 2. The first-order valence-electron chi connectivity index (χ1n) is 7.80. The van der Waals surface area contributed by atoms with Gasteiger partial charge in [-0.15, -0.1) is 0 Å². The number of carbonyl (C=O) groups excluding carboxylic acids is 1. The number of nitrogens with zero attached hydrogens (tertiary/aromatic N) is 2. The molecule has 0 unspecified atom stereocenters. The van der Waals surface area contributed by atoms with Gasteiger partial charge in [-0.25, -0.2) is 0 Å². The van der Waals surface area contributed by atoms with Crippen molar-refractivity contribution < 1.29 is 4.79 Å². The average molecular weight is 314 g/mol. The molecule has 1 aromatic carbocycles. The van der Waals surface area contributed by atoms with Crippen LogP contribution in [0.15, 0.2) is 24.3 Å². The number of piperidine rings is 1. The van der Waals surface area contributed by atoms with E-state index >= 15 is 0 Å². The summed E-state index contributed by atoms with van der Waals surface area (Å²) in [4.78, 5) is 13.8. The Morgan fingerprint density at radius 3 is 2.57 bits per heavy atom. The fourth-order valence-electron chi connectivity index (χ4n) is 2.85. The number of carbonyl (C=O) groups is 1. The Labute approximate surface area is 135 Å². The summed E-state index contributed by atoms with van der Waals surface area (Å²) in [6.45, 7) is 4.49. The summed E-state index contributed by atoms with van der Waals surface area (Å²) in [5.41, 5.74) is 13.2. The Hall–Kier alpha value is -2.70. The van der Waals surface area contributed by atoms with Crippen LogP contribution in [0.5, 0.6) is 0 Å². The predicted octanol–water partition coefficient (Wildman–Crippen LogP) is 2.07. The van der Waals surface area contributed by atoms with Crippen molar-refractivity contribution in [2.45, 2.75) is 19.8 Å². The molecule has 0 spiro atoms. The van der Waals surface area contributed by atoms with E-state index in [0.29, 0.717) is 5.82 Å². The van der Waals surface area contributed by atoms with Crippen LogP contribution in [0.3, 0.4) is 0 Å². The first-order valence-corrected chi connectivity index (χ1v) is 7.80. The second-order valence-corrected chi connectivity index (χ2v) is 6.07. The molecule has 0 atom stereocenters. The molecule has 1 amide bonds. The number of rotatable bonds is 4. The molecule has 0 radical (unpaired) electrons. The molecule has 0 bridgehead atoms. The Morgan fingerprint density at radius 1 is 1.30 bits per heavy atom. The lowest BCUT2D eigenvalue weighted by molar-refractivity contribution is 0.100. The Balaban J connectivity index is 1.72. The maximum Gasteiger partial charge on any atom is 0.256 e. The molecule has 1 aromatic heterocycles. The van der Waals surface area contributed by atoms with Gasteiger partial charge in [-0.05, 0) is 43.0 Å². The van der Waals surface area contributed by atoms with E-state index in [9.17, 15) is 4.79 Å². The summed E-state index contributed by atoms with van der Waals surface area (Å²) in [6, 6.07) is 8.06. The third-order valence-corrected chi connectivity index (χ3v) is 4.32. The highest BCUT2D eigenvalue weighted by Gasteiger charge is 2.18. The second-order valence-electron chi connectivity index (χ2n) is 6.07. The van der Waals surface area contributed by atoms with E-state index in [1.807, 2.05) is 12.1 Å². The maximum absolute atomic E-state index is 11.4.